The van der Waals surface area contributed by atoms with Crippen LogP contribution in [0.2, 0.25) is 0 Å². The number of amides is 2. The summed E-state index contributed by atoms with van der Waals surface area (Å²) in [4.78, 5) is 48.6. The summed E-state index contributed by atoms with van der Waals surface area (Å²) in [5, 5.41) is 11.2. The van der Waals surface area contributed by atoms with E-state index in [-0.39, 0.29) is 11.1 Å². The number of nitro groups is 1. The zero-order valence-electron chi connectivity index (χ0n) is 13.4. The Kier molecular flexibility index (Phi) is 4.94. The van der Waals surface area contributed by atoms with E-state index in [2.05, 4.69) is 15.9 Å². The number of carbonyl (C=O) groups is 3. The van der Waals surface area contributed by atoms with Crippen LogP contribution in [0.1, 0.15) is 32.2 Å². The van der Waals surface area contributed by atoms with Crippen LogP contribution in [-0.4, -0.2) is 40.5 Å². The number of carbonyl (C=O) groups excluding carboxylic acids is 3. The third-order valence-electron chi connectivity index (χ3n) is 4.32. The van der Waals surface area contributed by atoms with E-state index in [1.54, 1.807) is 36.4 Å². The number of halogens is 1. The monoisotopic (exact) mass is 416 g/mol. The molecule has 1 aliphatic heterocycles. The number of nitrogens with zero attached hydrogens (tertiary/aromatic N) is 2. The Morgan fingerprint density at radius 1 is 1.04 bits per heavy atom. The number of benzene rings is 2. The van der Waals surface area contributed by atoms with Gasteiger partial charge in [-0.1, -0.05) is 40.2 Å². The first-order chi connectivity index (χ1) is 12.4. The van der Waals surface area contributed by atoms with Crippen LogP contribution in [0.15, 0.2) is 53.0 Å². The van der Waals surface area contributed by atoms with Crippen molar-refractivity contribution in [1.29, 1.82) is 0 Å². The molecular formula is C18H13BrN2O5. The summed E-state index contributed by atoms with van der Waals surface area (Å²) in [6, 6.07) is 11.6. The molecule has 0 unspecified atom stereocenters. The summed E-state index contributed by atoms with van der Waals surface area (Å²) in [6.45, 7) is -0.585. The van der Waals surface area contributed by atoms with Gasteiger partial charge in [0.15, 0.2) is 0 Å². The van der Waals surface area contributed by atoms with Crippen LogP contribution in [0.3, 0.4) is 0 Å². The highest BCUT2D eigenvalue weighted by atomic mass is 79.9. The van der Waals surface area contributed by atoms with Crippen molar-refractivity contribution in [3.05, 3.63) is 79.8 Å². The van der Waals surface area contributed by atoms with Gasteiger partial charge in [0.1, 0.15) is 12.3 Å². The minimum Gasteiger partial charge on any atom is -0.301 e. The second-order valence-corrected chi connectivity index (χ2v) is 6.74. The number of aldehydes is 1. The highest BCUT2D eigenvalue weighted by Crippen LogP contribution is 2.31. The molecule has 1 heterocycles. The number of rotatable bonds is 6. The molecule has 0 radical (unpaired) electrons. The maximum Gasteiger partial charge on any atom is 0.262 e. The molecule has 8 heteroatoms. The van der Waals surface area contributed by atoms with Crippen molar-refractivity contribution in [2.24, 2.45) is 0 Å². The minimum absolute atomic E-state index is 0.194. The minimum atomic E-state index is -1.27. The molecule has 2 amide bonds. The van der Waals surface area contributed by atoms with E-state index >= 15 is 0 Å². The van der Waals surface area contributed by atoms with Gasteiger partial charge in [-0.25, -0.2) is 0 Å². The average molecular weight is 417 g/mol. The molecule has 0 saturated heterocycles. The predicted molar refractivity (Wildman–Crippen MR) is 95.5 cm³/mol. The van der Waals surface area contributed by atoms with E-state index in [9.17, 15) is 24.5 Å². The Balaban J connectivity index is 2.03. The number of imide groups is 1. The zero-order valence-corrected chi connectivity index (χ0v) is 15.0. The Labute approximate surface area is 156 Å². The third-order valence-corrected chi connectivity index (χ3v) is 4.85. The van der Waals surface area contributed by atoms with Crippen molar-refractivity contribution in [3.8, 4) is 0 Å². The molecule has 0 fully saturated rings. The maximum atomic E-state index is 12.7. The van der Waals surface area contributed by atoms with Crippen LogP contribution in [0, 0.1) is 10.1 Å². The molecule has 0 aromatic heterocycles. The zero-order chi connectivity index (χ0) is 18.8. The molecule has 2 atom stereocenters. The van der Waals surface area contributed by atoms with Gasteiger partial charge < -0.3 is 4.79 Å². The lowest BCUT2D eigenvalue weighted by Gasteiger charge is -2.27. The second kappa shape index (κ2) is 7.17. The molecule has 1 aliphatic rings. The summed E-state index contributed by atoms with van der Waals surface area (Å²) >= 11 is 3.28. The van der Waals surface area contributed by atoms with Gasteiger partial charge in [-0.2, -0.15) is 0 Å². The van der Waals surface area contributed by atoms with Crippen LogP contribution in [-0.2, 0) is 4.79 Å². The quantitative estimate of drug-likeness (QED) is 0.312. The van der Waals surface area contributed by atoms with Crippen molar-refractivity contribution in [1.82, 2.24) is 4.90 Å². The summed E-state index contributed by atoms with van der Waals surface area (Å²) < 4.78 is 0.768. The smallest absolute Gasteiger partial charge is 0.262 e. The van der Waals surface area contributed by atoms with Crippen LogP contribution in [0.25, 0.3) is 0 Å². The molecule has 26 heavy (non-hydrogen) atoms. The third kappa shape index (κ3) is 3.15. The van der Waals surface area contributed by atoms with Gasteiger partial charge in [-0.05, 0) is 29.8 Å². The van der Waals surface area contributed by atoms with E-state index in [4.69, 9.17) is 0 Å². The van der Waals surface area contributed by atoms with Crippen LogP contribution >= 0.6 is 15.9 Å². The van der Waals surface area contributed by atoms with Gasteiger partial charge in [0.05, 0.1) is 17.0 Å². The van der Waals surface area contributed by atoms with E-state index < -0.39 is 35.2 Å². The number of fused-ring (bicyclic) bond motifs is 1. The highest BCUT2D eigenvalue weighted by molar-refractivity contribution is 9.10. The molecule has 7 nitrogen and oxygen atoms in total. The predicted octanol–water partition coefficient (Wildman–Crippen LogP) is 2.67. The fraction of sp³-hybridized carbons (Fsp3) is 0.167. The van der Waals surface area contributed by atoms with E-state index in [1.165, 1.54) is 12.1 Å². The molecule has 132 valence electrons. The molecule has 2 aromatic carbocycles. The lowest BCUT2D eigenvalue weighted by molar-refractivity contribution is -0.484. The molecular weight excluding hydrogens is 404 g/mol. The van der Waals surface area contributed by atoms with Gasteiger partial charge in [0.25, 0.3) is 11.8 Å². The fourth-order valence-corrected chi connectivity index (χ4v) is 3.36. The normalized spacial score (nSPS) is 15.5. The van der Waals surface area contributed by atoms with Gasteiger partial charge in [-0.3, -0.25) is 24.6 Å². The van der Waals surface area contributed by atoms with E-state index in [0.29, 0.717) is 11.8 Å². The lowest BCUT2D eigenvalue weighted by atomic mass is 9.91. The van der Waals surface area contributed by atoms with Crippen molar-refractivity contribution >= 4 is 34.0 Å². The summed E-state index contributed by atoms with van der Waals surface area (Å²) in [5.74, 6) is -2.18. The van der Waals surface area contributed by atoms with Crippen LogP contribution in [0.5, 0.6) is 0 Å². The van der Waals surface area contributed by atoms with E-state index in [1.807, 2.05) is 0 Å². The summed E-state index contributed by atoms with van der Waals surface area (Å²) in [7, 11) is 0. The van der Waals surface area contributed by atoms with Gasteiger partial charge >= 0.3 is 0 Å². The molecule has 0 spiro atoms. The van der Waals surface area contributed by atoms with Gasteiger partial charge in [0.2, 0.25) is 6.54 Å². The first-order valence-corrected chi connectivity index (χ1v) is 8.53. The van der Waals surface area contributed by atoms with Crippen molar-refractivity contribution in [2.75, 3.05) is 6.54 Å². The fourth-order valence-electron chi connectivity index (χ4n) is 3.10. The van der Waals surface area contributed by atoms with Crippen LogP contribution in [0.4, 0.5) is 0 Å². The first kappa shape index (κ1) is 17.9. The van der Waals surface area contributed by atoms with Gasteiger partial charge in [0, 0.05) is 9.40 Å². The SMILES string of the molecule is O=C[C@@H]([C@@H](C[N+](=O)[O-])c1ccc(Br)cc1)N1C(=O)c2ccccc2C1=O. The topological polar surface area (TPSA) is 97.6 Å². The molecule has 0 aliphatic carbocycles. The molecule has 0 bridgehead atoms. The average Bonchev–Trinajstić information content (AvgIpc) is 2.87. The Hall–Kier alpha value is -2.87. The van der Waals surface area contributed by atoms with Crippen molar-refractivity contribution < 1.29 is 19.3 Å². The number of hydrogen-bond acceptors (Lipinski definition) is 5. The molecule has 0 saturated carbocycles. The molecule has 0 N–H and O–H groups in total. The highest BCUT2D eigenvalue weighted by Gasteiger charge is 2.44. The standard InChI is InChI=1S/C18H13BrN2O5/c19-12-7-5-11(6-8-12)15(9-20(25)26)16(10-22)21-17(23)13-3-1-2-4-14(13)18(21)24/h1-8,10,15-16H,9H2/t15-,16-/m0/s1. The lowest BCUT2D eigenvalue weighted by Crippen LogP contribution is -2.46. The Morgan fingerprint density at radius 3 is 2.04 bits per heavy atom. The first-order valence-electron chi connectivity index (χ1n) is 7.73. The number of hydrogen-bond donors (Lipinski definition) is 0. The maximum absolute atomic E-state index is 12.7. The molecule has 2 aromatic rings. The van der Waals surface area contributed by atoms with E-state index in [0.717, 1.165) is 9.37 Å². The largest absolute Gasteiger partial charge is 0.301 e. The summed E-state index contributed by atoms with van der Waals surface area (Å²) in [6.07, 6.45) is 0.428. The van der Waals surface area contributed by atoms with Gasteiger partial charge in [-0.15, -0.1) is 0 Å². The van der Waals surface area contributed by atoms with Crippen molar-refractivity contribution in [2.45, 2.75) is 12.0 Å². The van der Waals surface area contributed by atoms with Crippen LogP contribution < -0.4 is 0 Å². The van der Waals surface area contributed by atoms with Crippen molar-refractivity contribution in [3.63, 3.8) is 0 Å². The Morgan fingerprint density at radius 2 is 1.58 bits per heavy atom. The summed E-state index contributed by atoms with van der Waals surface area (Å²) in [5.41, 5.74) is 0.888. The Bertz CT molecular complexity index is 862. The second-order valence-electron chi connectivity index (χ2n) is 5.83. The molecule has 3 rings (SSSR count).